The van der Waals surface area contributed by atoms with Gasteiger partial charge in [0.25, 0.3) is 11.8 Å². The molecule has 2 amide bonds. The number of nitrogens with zero attached hydrogens (tertiary/aromatic N) is 5. The van der Waals surface area contributed by atoms with Gasteiger partial charge in [0.05, 0.1) is 18.8 Å². The van der Waals surface area contributed by atoms with Gasteiger partial charge in [-0.15, -0.1) is 0 Å². The second-order valence-electron chi connectivity index (χ2n) is 6.41. The average Bonchev–Trinajstić information content (AvgIpc) is 3.32. The summed E-state index contributed by atoms with van der Waals surface area (Å²) in [4.78, 5) is 28.6. The summed E-state index contributed by atoms with van der Waals surface area (Å²) in [6, 6.07) is 3.56. The van der Waals surface area contributed by atoms with Crippen molar-refractivity contribution in [2.24, 2.45) is 0 Å². The molecule has 24 heavy (non-hydrogen) atoms. The third kappa shape index (κ3) is 2.57. The zero-order valence-corrected chi connectivity index (χ0v) is 13.7. The summed E-state index contributed by atoms with van der Waals surface area (Å²) in [6.07, 6.45) is 2.12. The molecule has 126 valence electrons. The Hall–Kier alpha value is -2.64. The van der Waals surface area contributed by atoms with Gasteiger partial charge in [-0.25, -0.2) is 0 Å². The number of nitrogens with one attached hydrogen (secondary N) is 1. The molecule has 0 radical (unpaired) electrons. The van der Waals surface area contributed by atoms with Crippen molar-refractivity contribution < 1.29 is 9.59 Å². The lowest BCUT2D eigenvalue weighted by molar-refractivity contribution is 0.0698. The standard InChI is InChI=1S/C16H20N6O2/c1-11-8-13(18-17-11)15(23)21-6-7-22-12(10-21)9-14(19-22)16(24)20-4-2-3-5-20/h8-9H,2-7,10H2,1H3,(H,17,18). The van der Waals surface area contributed by atoms with E-state index in [1.165, 1.54) is 0 Å². The van der Waals surface area contributed by atoms with Crippen molar-refractivity contribution in [3.05, 3.63) is 34.9 Å². The molecule has 8 heteroatoms. The lowest BCUT2D eigenvalue weighted by Crippen LogP contribution is -2.38. The van der Waals surface area contributed by atoms with Crippen LogP contribution in [0.3, 0.4) is 0 Å². The fourth-order valence-electron chi connectivity index (χ4n) is 3.32. The van der Waals surface area contributed by atoms with Crippen LogP contribution in [0.15, 0.2) is 12.1 Å². The Kier molecular flexibility index (Phi) is 3.59. The number of aromatic nitrogens is 4. The fraction of sp³-hybridized carbons (Fsp3) is 0.500. The largest absolute Gasteiger partial charge is 0.337 e. The molecule has 8 nitrogen and oxygen atoms in total. The molecule has 0 bridgehead atoms. The van der Waals surface area contributed by atoms with Crippen LogP contribution < -0.4 is 0 Å². The Bertz CT molecular complexity index is 786. The lowest BCUT2D eigenvalue weighted by atomic mass is 10.2. The third-order valence-corrected chi connectivity index (χ3v) is 4.62. The summed E-state index contributed by atoms with van der Waals surface area (Å²) < 4.78 is 1.84. The number of carbonyl (C=O) groups excluding carboxylic acids is 2. The topological polar surface area (TPSA) is 87.1 Å². The van der Waals surface area contributed by atoms with Gasteiger partial charge in [0.1, 0.15) is 5.69 Å². The van der Waals surface area contributed by atoms with Crippen molar-refractivity contribution in [1.29, 1.82) is 0 Å². The molecule has 4 rings (SSSR count). The Labute approximate surface area is 139 Å². The number of amides is 2. The molecule has 0 spiro atoms. The highest BCUT2D eigenvalue weighted by molar-refractivity contribution is 5.93. The monoisotopic (exact) mass is 328 g/mol. The summed E-state index contributed by atoms with van der Waals surface area (Å²) in [7, 11) is 0. The number of aromatic amines is 1. The smallest absolute Gasteiger partial charge is 0.274 e. The maximum absolute atomic E-state index is 12.5. The molecule has 0 unspecified atom stereocenters. The van der Waals surface area contributed by atoms with Crippen molar-refractivity contribution in [2.45, 2.75) is 32.9 Å². The molecule has 1 saturated heterocycles. The first-order valence-corrected chi connectivity index (χ1v) is 8.29. The predicted molar refractivity (Wildman–Crippen MR) is 85.4 cm³/mol. The second kappa shape index (κ2) is 5.77. The minimum absolute atomic E-state index is 0.00444. The molecule has 0 aromatic carbocycles. The van der Waals surface area contributed by atoms with Crippen LogP contribution in [0.4, 0.5) is 0 Å². The van der Waals surface area contributed by atoms with E-state index in [1.54, 1.807) is 11.0 Å². The lowest BCUT2D eigenvalue weighted by Gasteiger charge is -2.26. The maximum Gasteiger partial charge on any atom is 0.274 e. The van der Waals surface area contributed by atoms with Gasteiger partial charge in [0.15, 0.2) is 5.69 Å². The number of hydrogen-bond donors (Lipinski definition) is 1. The minimum Gasteiger partial charge on any atom is -0.337 e. The number of aryl methyl sites for hydroxylation is 1. The molecule has 0 saturated carbocycles. The van der Waals surface area contributed by atoms with Gasteiger partial charge in [-0.2, -0.15) is 10.2 Å². The van der Waals surface area contributed by atoms with Crippen molar-refractivity contribution in [1.82, 2.24) is 29.8 Å². The zero-order chi connectivity index (χ0) is 16.7. The molecule has 4 heterocycles. The first-order valence-electron chi connectivity index (χ1n) is 8.29. The van der Waals surface area contributed by atoms with E-state index in [-0.39, 0.29) is 11.8 Å². The summed E-state index contributed by atoms with van der Waals surface area (Å²) in [5, 5.41) is 11.3. The van der Waals surface area contributed by atoms with Gasteiger partial charge in [-0.1, -0.05) is 0 Å². The number of rotatable bonds is 2. The van der Waals surface area contributed by atoms with Crippen LogP contribution in [0.1, 0.15) is 45.2 Å². The maximum atomic E-state index is 12.5. The van der Waals surface area contributed by atoms with Crippen molar-refractivity contribution in [2.75, 3.05) is 19.6 Å². The van der Waals surface area contributed by atoms with Gasteiger partial charge in [0, 0.05) is 25.3 Å². The van der Waals surface area contributed by atoms with Gasteiger partial charge < -0.3 is 9.80 Å². The summed E-state index contributed by atoms with van der Waals surface area (Å²) in [6.45, 7) is 5.10. The highest BCUT2D eigenvalue weighted by Crippen LogP contribution is 2.18. The van der Waals surface area contributed by atoms with Crippen LogP contribution in [0, 0.1) is 6.92 Å². The first kappa shape index (κ1) is 14.9. The SMILES string of the molecule is Cc1cc(C(=O)N2CCn3nc(C(=O)N4CCCC4)cc3C2)n[nH]1. The van der Waals surface area contributed by atoms with Gasteiger partial charge in [-0.05, 0) is 31.9 Å². The highest BCUT2D eigenvalue weighted by Gasteiger charge is 2.28. The van der Waals surface area contributed by atoms with Crippen molar-refractivity contribution in [3.63, 3.8) is 0 Å². The molecule has 0 aliphatic carbocycles. The van der Waals surface area contributed by atoms with E-state index in [4.69, 9.17) is 0 Å². The minimum atomic E-state index is -0.0979. The van der Waals surface area contributed by atoms with Crippen LogP contribution in [-0.2, 0) is 13.1 Å². The molecule has 2 aromatic heterocycles. The first-order chi connectivity index (χ1) is 11.6. The van der Waals surface area contributed by atoms with Crippen LogP contribution in [-0.4, -0.2) is 61.2 Å². The van der Waals surface area contributed by atoms with Crippen LogP contribution in [0.2, 0.25) is 0 Å². The molecule has 0 atom stereocenters. The Balaban J connectivity index is 1.51. The van der Waals surface area contributed by atoms with Gasteiger partial charge in [0.2, 0.25) is 0 Å². The van der Waals surface area contributed by atoms with Crippen molar-refractivity contribution >= 4 is 11.8 Å². The normalized spacial score (nSPS) is 17.2. The van der Waals surface area contributed by atoms with E-state index in [1.807, 2.05) is 22.6 Å². The van der Waals surface area contributed by atoms with E-state index in [0.717, 1.165) is 37.3 Å². The third-order valence-electron chi connectivity index (χ3n) is 4.62. The van der Waals surface area contributed by atoms with E-state index in [0.29, 0.717) is 31.0 Å². The molecule has 2 aliphatic heterocycles. The van der Waals surface area contributed by atoms with E-state index >= 15 is 0 Å². The average molecular weight is 328 g/mol. The molecular weight excluding hydrogens is 308 g/mol. The van der Waals surface area contributed by atoms with Crippen LogP contribution >= 0.6 is 0 Å². The van der Waals surface area contributed by atoms with E-state index < -0.39 is 0 Å². The van der Waals surface area contributed by atoms with Crippen molar-refractivity contribution in [3.8, 4) is 0 Å². The molecule has 1 fully saturated rings. The van der Waals surface area contributed by atoms with Crippen LogP contribution in [0.25, 0.3) is 0 Å². The van der Waals surface area contributed by atoms with Gasteiger partial charge in [-0.3, -0.25) is 19.4 Å². The summed E-state index contributed by atoms with van der Waals surface area (Å²) in [5.74, 6) is -0.102. The predicted octanol–water partition coefficient (Wildman–Crippen LogP) is 0.807. The number of likely N-dealkylation sites (tertiary alicyclic amines) is 1. The zero-order valence-electron chi connectivity index (χ0n) is 13.7. The number of carbonyl (C=O) groups is 2. The summed E-state index contributed by atoms with van der Waals surface area (Å²) in [5.41, 5.74) is 2.66. The Morgan fingerprint density at radius 2 is 1.75 bits per heavy atom. The molecular formula is C16H20N6O2. The fourth-order valence-corrected chi connectivity index (χ4v) is 3.32. The van der Waals surface area contributed by atoms with Crippen LogP contribution in [0.5, 0.6) is 0 Å². The Morgan fingerprint density at radius 1 is 1.00 bits per heavy atom. The number of hydrogen-bond acceptors (Lipinski definition) is 4. The van der Waals surface area contributed by atoms with Gasteiger partial charge >= 0.3 is 0 Å². The van der Waals surface area contributed by atoms with E-state index in [2.05, 4.69) is 15.3 Å². The Morgan fingerprint density at radius 3 is 2.46 bits per heavy atom. The summed E-state index contributed by atoms with van der Waals surface area (Å²) >= 11 is 0. The highest BCUT2D eigenvalue weighted by atomic mass is 16.2. The number of fused-ring (bicyclic) bond motifs is 1. The second-order valence-corrected chi connectivity index (χ2v) is 6.41. The molecule has 2 aliphatic rings. The quantitative estimate of drug-likeness (QED) is 0.883. The number of H-pyrrole nitrogens is 1. The van der Waals surface area contributed by atoms with E-state index in [9.17, 15) is 9.59 Å². The molecule has 2 aromatic rings. The molecule has 1 N–H and O–H groups in total.